The van der Waals surface area contributed by atoms with Crippen LogP contribution in [0.5, 0.6) is 5.75 Å². The first-order valence-electron chi connectivity index (χ1n) is 8.51. The summed E-state index contributed by atoms with van der Waals surface area (Å²) < 4.78 is 4.72. The van der Waals surface area contributed by atoms with Crippen LogP contribution in [0.2, 0.25) is 0 Å². The molecular weight excluding hydrogens is 352 g/mol. The molecule has 5 nitrogen and oxygen atoms in total. The average Bonchev–Trinajstić information content (AvgIpc) is 2.64. The Morgan fingerprint density at radius 2 is 1.81 bits per heavy atom. The number of carbonyl (C=O) groups is 1. The first-order valence-corrected chi connectivity index (χ1v) is 8.51. The number of phenolic OH excluding ortho intramolecular Hbond substituents is 1. The van der Waals surface area contributed by atoms with E-state index in [1.807, 2.05) is 6.07 Å². The SMILES string of the molecule is COC(=O)c1cc(CN2CCN(c3ccccc3C)CC2)ccc1O.Cl. The smallest absolute Gasteiger partial charge is 0.341 e. The molecule has 1 aliphatic heterocycles. The number of halogens is 1. The lowest BCUT2D eigenvalue weighted by Crippen LogP contribution is -2.46. The van der Waals surface area contributed by atoms with E-state index in [4.69, 9.17) is 4.74 Å². The van der Waals surface area contributed by atoms with Gasteiger partial charge in [-0.05, 0) is 36.2 Å². The second kappa shape index (κ2) is 8.92. The Labute approximate surface area is 160 Å². The van der Waals surface area contributed by atoms with Crippen molar-refractivity contribution < 1.29 is 14.6 Å². The highest BCUT2D eigenvalue weighted by atomic mass is 35.5. The number of carbonyl (C=O) groups excluding carboxylic acids is 1. The van der Waals surface area contributed by atoms with Crippen molar-refractivity contribution in [1.29, 1.82) is 0 Å². The summed E-state index contributed by atoms with van der Waals surface area (Å²) in [6.45, 7) is 6.78. The van der Waals surface area contributed by atoms with Gasteiger partial charge in [0.2, 0.25) is 0 Å². The molecule has 0 radical (unpaired) electrons. The lowest BCUT2D eigenvalue weighted by Gasteiger charge is -2.36. The van der Waals surface area contributed by atoms with Crippen molar-refractivity contribution in [2.45, 2.75) is 13.5 Å². The number of phenols is 1. The molecule has 2 aromatic rings. The minimum atomic E-state index is -0.510. The highest BCUT2D eigenvalue weighted by Gasteiger charge is 2.19. The van der Waals surface area contributed by atoms with Gasteiger partial charge >= 0.3 is 5.97 Å². The number of rotatable bonds is 4. The molecule has 1 heterocycles. The topological polar surface area (TPSA) is 53.0 Å². The molecule has 140 valence electrons. The number of aromatic hydroxyl groups is 1. The van der Waals surface area contributed by atoms with Crippen LogP contribution >= 0.6 is 12.4 Å². The molecule has 0 unspecified atom stereocenters. The summed E-state index contributed by atoms with van der Waals surface area (Å²) in [5.41, 5.74) is 3.83. The summed E-state index contributed by atoms with van der Waals surface area (Å²) in [6, 6.07) is 13.6. The molecule has 0 saturated carbocycles. The van der Waals surface area contributed by atoms with Crippen molar-refractivity contribution in [3.63, 3.8) is 0 Å². The monoisotopic (exact) mass is 376 g/mol. The van der Waals surface area contributed by atoms with Crippen LogP contribution in [0.25, 0.3) is 0 Å². The van der Waals surface area contributed by atoms with Gasteiger partial charge in [-0.15, -0.1) is 12.4 Å². The van der Waals surface area contributed by atoms with Crippen LogP contribution in [0, 0.1) is 6.92 Å². The fourth-order valence-corrected chi connectivity index (χ4v) is 3.28. The van der Waals surface area contributed by atoms with E-state index >= 15 is 0 Å². The Morgan fingerprint density at radius 1 is 1.12 bits per heavy atom. The van der Waals surface area contributed by atoms with E-state index in [0.717, 1.165) is 38.3 Å². The molecule has 0 aliphatic carbocycles. The first kappa shape index (κ1) is 20.1. The predicted octanol–water partition coefficient (Wildman–Crippen LogP) is 3.23. The zero-order valence-electron chi connectivity index (χ0n) is 15.1. The lowest BCUT2D eigenvalue weighted by molar-refractivity contribution is 0.0597. The van der Waals surface area contributed by atoms with Gasteiger partial charge in [-0.1, -0.05) is 24.3 Å². The number of anilines is 1. The van der Waals surface area contributed by atoms with E-state index in [1.165, 1.54) is 18.4 Å². The van der Waals surface area contributed by atoms with Crippen LogP contribution in [-0.2, 0) is 11.3 Å². The highest BCUT2D eigenvalue weighted by Crippen LogP contribution is 2.23. The molecule has 1 aliphatic rings. The maximum absolute atomic E-state index is 11.7. The summed E-state index contributed by atoms with van der Waals surface area (Å²) in [5.74, 6) is -0.552. The second-order valence-corrected chi connectivity index (χ2v) is 6.39. The molecule has 3 rings (SSSR count). The van der Waals surface area contributed by atoms with E-state index in [1.54, 1.807) is 12.1 Å². The van der Waals surface area contributed by atoms with Crippen LogP contribution in [0.15, 0.2) is 42.5 Å². The lowest BCUT2D eigenvalue weighted by atomic mass is 10.1. The van der Waals surface area contributed by atoms with Crippen molar-refractivity contribution in [3.8, 4) is 5.75 Å². The summed E-state index contributed by atoms with van der Waals surface area (Å²) in [5, 5.41) is 9.81. The third kappa shape index (κ3) is 4.48. The molecule has 0 aromatic heterocycles. The quantitative estimate of drug-likeness (QED) is 0.830. The number of piperazine rings is 1. The van der Waals surface area contributed by atoms with Crippen LogP contribution in [0.1, 0.15) is 21.5 Å². The van der Waals surface area contributed by atoms with Gasteiger partial charge in [0, 0.05) is 38.4 Å². The van der Waals surface area contributed by atoms with Crippen molar-refractivity contribution >= 4 is 24.1 Å². The molecule has 6 heteroatoms. The van der Waals surface area contributed by atoms with Gasteiger partial charge in [0.15, 0.2) is 0 Å². The van der Waals surface area contributed by atoms with Crippen molar-refractivity contribution in [3.05, 3.63) is 59.2 Å². The Balaban J connectivity index is 0.00000243. The van der Waals surface area contributed by atoms with Gasteiger partial charge in [0.1, 0.15) is 11.3 Å². The first-order chi connectivity index (χ1) is 12.1. The molecule has 0 amide bonds. The van der Waals surface area contributed by atoms with E-state index in [9.17, 15) is 9.90 Å². The summed E-state index contributed by atoms with van der Waals surface area (Å²) in [4.78, 5) is 16.5. The normalized spacial score (nSPS) is 14.6. The van der Waals surface area contributed by atoms with Gasteiger partial charge in [-0.25, -0.2) is 4.79 Å². The van der Waals surface area contributed by atoms with Crippen molar-refractivity contribution in [1.82, 2.24) is 4.90 Å². The molecule has 0 bridgehead atoms. The maximum Gasteiger partial charge on any atom is 0.341 e. The summed E-state index contributed by atoms with van der Waals surface area (Å²) >= 11 is 0. The Hall–Kier alpha value is -2.24. The molecular formula is C20H25ClN2O3. The second-order valence-electron chi connectivity index (χ2n) is 6.39. The van der Waals surface area contributed by atoms with E-state index < -0.39 is 5.97 Å². The summed E-state index contributed by atoms with van der Waals surface area (Å²) in [7, 11) is 1.32. The number of ether oxygens (including phenoxy) is 1. The number of aryl methyl sites for hydroxylation is 1. The van der Waals surface area contributed by atoms with Gasteiger partial charge in [-0.2, -0.15) is 0 Å². The number of hydrogen-bond acceptors (Lipinski definition) is 5. The van der Waals surface area contributed by atoms with Crippen molar-refractivity contribution in [2.24, 2.45) is 0 Å². The number of para-hydroxylation sites is 1. The number of methoxy groups -OCH3 is 1. The summed E-state index contributed by atoms with van der Waals surface area (Å²) in [6.07, 6.45) is 0. The zero-order valence-corrected chi connectivity index (χ0v) is 16.0. The van der Waals surface area contributed by atoms with Gasteiger partial charge in [-0.3, -0.25) is 4.90 Å². The van der Waals surface area contributed by atoms with Gasteiger partial charge in [0.25, 0.3) is 0 Å². The van der Waals surface area contributed by atoms with E-state index in [2.05, 4.69) is 41.0 Å². The predicted molar refractivity (Wildman–Crippen MR) is 105 cm³/mol. The van der Waals surface area contributed by atoms with E-state index in [-0.39, 0.29) is 23.7 Å². The third-order valence-corrected chi connectivity index (χ3v) is 4.70. The maximum atomic E-state index is 11.7. The average molecular weight is 377 g/mol. The van der Waals surface area contributed by atoms with Crippen LogP contribution in [0.3, 0.4) is 0 Å². The number of nitrogens with zero attached hydrogens (tertiary/aromatic N) is 2. The molecule has 26 heavy (non-hydrogen) atoms. The Morgan fingerprint density at radius 3 is 2.46 bits per heavy atom. The molecule has 1 N–H and O–H groups in total. The Bertz CT molecular complexity index is 758. The molecule has 0 spiro atoms. The molecule has 2 aromatic carbocycles. The van der Waals surface area contributed by atoms with Crippen LogP contribution in [-0.4, -0.2) is 49.3 Å². The van der Waals surface area contributed by atoms with Gasteiger partial charge < -0.3 is 14.7 Å². The van der Waals surface area contributed by atoms with Crippen molar-refractivity contribution in [2.75, 3.05) is 38.2 Å². The van der Waals surface area contributed by atoms with Gasteiger partial charge in [0.05, 0.1) is 7.11 Å². The van der Waals surface area contributed by atoms with Crippen LogP contribution < -0.4 is 4.90 Å². The Kier molecular flexibility index (Phi) is 6.89. The minimum absolute atomic E-state index is 0. The zero-order chi connectivity index (χ0) is 17.8. The number of hydrogen-bond donors (Lipinski definition) is 1. The number of esters is 1. The minimum Gasteiger partial charge on any atom is -0.507 e. The standard InChI is InChI=1S/C20H24N2O3.ClH/c1-15-5-3-4-6-18(15)22-11-9-21(10-12-22)14-16-7-8-19(23)17(13-16)20(24)25-2;/h3-8,13,23H,9-12,14H2,1-2H3;1H. The third-order valence-electron chi connectivity index (χ3n) is 4.70. The molecule has 1 saturated heterocycles. The fraction of sp³-hybridized carbons (Fsp3) is 0.350. The molecule has 1 fully saturated rings. The van der Waals surface area contributed by atoms with Crippen LogP contribution in [0.4, 0.5) is 5.69 Å². The highest BCUT2D eigenvalue weighted by molar-refractivity contribution is 5.92. The molecule has 0 atom stereocenters. The largest absolute Gasteiger partial charge is 0.507 e. The fourth-order valence-electron chi connectivity index (χ4n) is 3.28. The number of benzene rings is 2. The van der Waals surface area contributed by atoms with E-state index in [0.29, 0.717) is 0 Å².